The standard InChI is InChI=1S/C20H26FNO2/c1-14(2)23-19-10-7-17(20(11-19)24-15(3)4)13-22-12-16-5-8-18(21)9-6-16/h5-11,14-15,22H,12-13H2,1-4H3. The van der Waals surface area contributed by atoms with E-state index in [-0.39, 0.29) is 18.0 Å². The van der Waals surface area contributed by atoms with E-state index >= 15 is 0 Å². The first kappa shape index (κ1) is 18.3. The molecule has 0 spiro atoms. The minimum Gasteiger partial charge on any atom is -0.491 e. The number of hydrogen-bond acceptors (Lipinski definition) is 3. The summed E-state index contributed by atoms with van der Waals surface area (Å²) in [7, 11) is 0. The molecule has 0 fully saturated rings. The maximum atomic E-state index is 12.9. The predicted octanol–water partition coefficient (Wildman–Crippen LogP) is 4.69. The monoisotopic (exact) mass is 331 g/mol. The fraction of sp³-hybridized carbons (Fsp3) is 0.400. The average Bonchev–Trinajstić information content (AvgIpc) is 2.50. The molecular weight excluding hydrogens is 305 g/mol. The van der Waals surface area contributed by atoms with E-state index in [2.05, 4.69) is 5.32 Å². The van der Waals surface area contributed by atoms with Crippen molar-refractivity contribution in [3.63, 3.8) is 0 Å². The molecule has 0 aliphatic carbocycles. The molecule has 0 saturated heterocycles. The van der Waals surface area contributed by atoms with Gasteiger partial charge in [-0.1, -0.05) is 18.2 Å². The van der Waals surface area contributed by atoms with Gasteiger partial charge < -0.3 is 14.8 Å². The largest absolute Gasteiger partial charge is 0.491 e. The van der Waals surface area contributed by atoms with Crippen LogP contribution < -0.4 is 14.8 Å². The van der Waals surface area contributed by atoms with Gasteiger partial charge in [0.05, 0.1) is 12.2 Å². The highest BCUT2D eigenvalue weighted by atomic mass is 19.1. The Bertz CT molecular complexity index is 639. The Hall–Kier alpha value is -2.07. The van der Waals surface area contributed by atoms with Crippen molar-refractivity contribution in [2.24, 2.45) is 0 Å². The number of ether oxygens (including phenoxy) is 2. The molecule has 0 saturated carbocycles. The summed E-state index contributed by atoms with van der Waals surface area (Å²) in [6.07, 6.45) is 0.217. The molecule has 2 aromatic rings. The maximum Gasteiger partial charge on any atom is 0.127 e. The molecule has 2 aromatic carbocycles. The van der Waals surface area contributed by atoms with Gasteiger partial charge >= 0.3 is 0 Å². The molecule has 4 heteroatoms. The smallest absolute Gasteiger partial charge is 0.127 e. The average molecular weight is 331 g/mol. The van der Waals surface area contributed by atoms with Crippen molar-refractivity contribution in [2.45, 2.75) is 53.0 Å². The molecule has 24 heavy (non-hydrogen) atoms. The number of hydrogen-bond donors (Lipinski definition) is 1. The highest BCUT2D eigenvalue weighted by Gasteiger charge is 2.09. The van der Waals surface area contributed by atoms with Crippen LogP contribution in [0.15, 0.2) is 42.5 Å². The molecule has 0 aliphatic rings. The van der Waals surface area contributed by atoms with Crippen molar-refractivity contribution in [1.29, 1.82) is 0 Å². The first-order valence-corrected chi connectivity index (χ1v) is 8.35. The van der Waals surface area contributed by atoms with Crippen molar-refractivity contribution in [1.82, 2.24) is 5.32 Å². The maximum absolute atomic E-state index is 12.9. The summed E-state index contributed by atoms with van der Waals surface area (Å²) in [5.41, 5.74) is 2.12. The normalized spacial score (nSPS) is 11.1. The van der Waals surface area contributed by atoms with E-state index in [9.17, 15) is 4.39 Å². The van der Waals surface area contributed by atoms with Gasteiger partial charge in [0.25, 0.3) is 0 Å². The molecule has 0 unspecified atom stereocenters. The van der Waals surface area contributed by atoms with Gasteiger partial charge in [-0.15, -0.1) is 0 Å². The zero-order valence-electron chi connectivity index (χ0n) is 14.8. The summed E-state index contributed by atoms with van der Waals surface area (Å²) >= 11 is 0. The molecule has 3 nitrogen and oxygen atoms in total. The molecular formula is C20H26FNO2. The fourth-order valence-electron chi connectivity index (χ4n) is 2.33. The van der Waals surface area contributed by atoms with Crippen molar-refractivity contribution in [3.05, 3.63) is 59.4 Å². The number of benzene rings is 2. The van der Waals surface area contributed by atoms with E-state index in [1.54, 1.807) is 12.1 Å². The molecule has 0 heterocycles. The lowest BCUT2D eigenvalue weighted by Crippen LogP contribution is -2.15. The number of halogens is 1. The molecule has 0 amide bonds. The molecule has 2 rings (SSSR count). The van der Waals surface area contributed by atoms with Gasteiger partial charge in [-0.25, -0.2) is 4.39 Å². The Morgan fingerprint density at radius 2 is 1.54 bits per heavy atom. The topological polar surface area (TPSA) is 30.5 Å². The Labute approximate surface area is 143 Å². The molecule has 0 aliphatic heterocycles. The van der Waals surface area contributed by atoms with Gasteiger partial charge in [0.1, 0.15) is 17.3 Å². The third-order valence-electron chi connectivity index (χ3n) is 3.33. The Morgan fingerprint density at radius 1 is 0.875 bits per heavy atom. The number of rotatable bonds is 8. The van der Waals surface area contributed by atoms with Crippen LogP contribution in [-0.4, -0.2) is 12.2 Å². The summed E-state index contributed by atoms with van der Waals surface area (Å²) in [5.74, 6) is 1.42. The lowest BCUT2D eigenvalue weighted by atomic mass is 10.1. The van der Waals surface area contributed by atoms with Crippen LogP contribution in [0.2, 0.25) is 0 Å². The van der Waals surface area contributed by atoms with Crippen LogP contribution in [0, 0.1) is 5.82 Å². The van der Waals surface area contributed by atoms with Crippen LogP contribution in [0.4, 0.5) is 4.39 Å². The zero-order valence-corrected chi connectivity index (χ0v) is 14.8. The van der Waals surface area contributed by atoms with Crippen LogP contribution in [-0.2, 0) is 13.1 Å². The van der Waals surface area contributed by atoms with E-state index in [0.717, 1.165) is 22.6 Å². The van der Waals surface area contributed by atoms with Crippen molar-refractivity contribution >= 4 is 0 Å². The van der Waals surface area contributed by atoms with E-state index in [0.29, 0.717) is 13.1 Å². The summed E-state index contributed by atoms with van der Waals surface area (Å²) < 4.78 is 24.6. The predicted molar refractivity (Wildman–Crippen MR) is 94.9 cm³/mol. The van der Waals surface area contributed by atoms with Crippen molar-refractivity contribution in [2.75, 3.05) is 0 Å². The summed E-state index contributed by atoms with van der Waals surface area (Å²) in [4.78, 5) is 0. The molecule has 1 N–H and O–H groups in total. The fourth-order valence-corrected chi connectivity index (χ4v) is 2.33. The second kappa shape index (κ2) is 8.69. The van der Waals surface area contributed by atoms with E-state index in [1.807, 2.05) is 45.9 Å². The van der Waals surface area contributed by atoms with Gasteiger partial charge in [-0.05, 0) is 51.5 Å². The molecule has 130 valence electrons. The van der Waals surface area contributed by atoms with Crippen LogP contribution in [0.1, 0.15) is 38.8 Å². The Balaban J connectivity index is 2.02. The molecule has 0 aromatic heterocycles. The first-order valence-electron chi connectivity index (χ1n) is 8.35. The van der Waals surface area contributed by atoms with Gasteiger partial charge in [0.15, 0.2) is 0 Å². The minimum atomic E-state index is -0.216. The highest BCUT2D eigenvalue weighted by molar-refractivity contribution is 5.41. The summed E-state index contributed by atoms with van der Waals surface area (Å²) in [6, 6.07) is 12.4. The van der Waals surface area contributed by atoms with Gasteiger partial charge in [-0.3, -0.25) is 0 Å². The molecule has 0 atom stereocenters. The first-order chi connectivity index (χ1) is 11.4. The SMILES string of the molecule is CC(C)Oc1ccc(CNCc2ccc(F)cc2)c(OC(C)C)c1. The zero-order chi connectivity index (χ0) is 17.5. The Morgan fingerprint density at radius 3 is 2.17 bits per heavy atom. The quantitative estimate of drug-likeness (QED) is 0.761. The third-order valence-corrected chi connectivity index (χ3v) is 3.33. The molecule has 0 bridgehead atoms. The summed E-state index contributed by atoms with van der Waals surface area (Å²) in [5, 5.41) is 3.37. The third kappa shape index (κ3) is 5.85. The number of nitrogens with one attached hydrogen (secondary N) is 1. The lowest BCUT2D eigenvalue weighted by Gasteiger charge is -2.17. The highest BCUT2D eigenvalue weighted by Crippen LogP contribution is 2.26. The van der Waals surface area contributed by atoms with Crippen LogP contribution in [0.25, 0.3) is 0 Å². The summed E-state index contributed by atoms with van der Waals surface area (Å²) in [6.45, 7) is 9.35. The van der Waals surface area contributed by atoms with Crippen LogP contribution in [0.3, 0.4) is 0 Å². The van der Waals surface area contributed by atoms with Gasteiger partial charge in [-0.2, -0.15) is 0 Å². The Kier molecular flexibility index (Phi) is 6.62. The van der Waals surface area contributed by atoms with Crippen LogP contribution >= 0.6 is 0 Å². The van der Waals surface area contributed by atoms with Gasteiger partial charge in [0.2, 0.25) is 0 Å². The van der Waals surface area contributed by atoms with Crippen molar-refractivity contribution < 1.29 is 13.9 Å². The minimum absolute atomic E-state index is 0.0927. The van der Waals surface area contributed by atoms with Crippen LogP contribution in [0.5, 0.6) is 11.5 Å². The van der Waals surface area contributed by atoms with E-state index in [1.165, 1.54) is 12.1 Å². The van der Waals surface area contributed by atoms with E-state index in [4.69, 9.17) is 9.47 Å². The van der Waals surface area contributed by atoms with E-state index < -0.39 is 0 Å². The van der Waals surface area contributed by atoms with Crippen molar-refractivity contribution in [3.8, 4) is 11.5 Å². The second-order valence-electron chi connectivity index (χ2n) is 6.33. The second-order valence-corrected chi connectivity index (χ2v) is 6.33. The lowest BCUT2D eigenvalue weighted by molar-refractivity contribution is 0.227. The molecule has 0 radical (unpaired) electrons. The van der Waals surface area contributed by atoms with Gasteiger partial charge in [0, 0.05) is 24.7 Å².